The Labute approximate surface area is 143 Å². The molecule has 2 aliphatic rings. The smallest absolute Gasteiger partial charge is 0.261 e. The lowest BCUT2D eigenvalue weighted by atomic mass is 9.90. The Hall–Kier alpha value is -3.12. The van der Waals surface area contributed by atoms with Crippen molar-refractivity contribution in [1.82, 2.24) is 0 Å². The third-order valence-corrected chi connectivity index (χ3v) is 4.28. The molecule has 2 heterocycles. The number of rotatable bonds is 4. The van der Waals surface area contributed by atoms with Crippen LogP contribution in [0.3, 0.4) is 0 Å². The van der Waals surface area contributed by atoms with Crippen molar-refractivity contribution in [3.8, 4) is 11.5 Å². The second-order valence-corrected chi connectivity index (χ2v) is 5.95. The van der Waals surface area contributed by atoms with Crippen molar-refractivity contribution in [2.75, 3.05) is 12.1 Å². The Morgan fingerprint density at radius 2 is 2.00 bits per heavy atom. The summed E-state index contributed by atoms with van der Waals surface area (Å²) >= 11 is 0. The Morgan fingerprint density at radius 1 is 1.20 bits per heavy atom. The molecule has 0 bridgehead atoms. The lowest BCUT2D eigenvalue weighted by molar-refractivity contribution is -0.138. The normalized spacial score (nSPS) is 20.6. The van der Waals surface area contributed by atoms with E-state index >= 15 is 0 Å². The van der Waals surface area contributed by atoms with Gasteiger partial charge < -0.3 is 19.9 Å². The molecule has 2 aliphatic heterocycles. The molecule has 0 aromatic heterocycles. The SMILES string of the molecule is O=C(C=Cc1ccc2c(c1)OCO2)C[C@]1(O)C(=O)Nc2ccccc21. The highest BCUT2D eigenvalue weighted by atomic mass is 16.7. The molecule has 25 heavy (non-hydrogen) atoms. The number of hydrogen-bond donors (Lipinski definition) is 2. The summed E-state index contributed by atoms with van der Waals surface area (Å²) in [5, 5.41) is 13.3. The van der Waals surface area contributed by atoms with Crippen LogP contribution in [0.15, 0.2) is 48.5 Å². The van der Waals surface area contributed by atoms with Gasteiger partial charge in [0.15, 0.2) is 22.9 Å². The summed E-state index contributed by atoms with van der Waals surface area (Å²) in [5.41, 5.74) is -0.124. The van der Waals surface area contributed by atoms with Crippen LogP contribution >= 0.6 is 0 Å². The summed E-state index contributed by atoms with van der Waals surface area (Å²) < 4.78 is 10.5. The highest BCUT2D eigenvalue weighted by molar-refractivity contribution is 6.08. The van der Waals surface area contributed by atoms with Crippen molar-refractivity contribution in [2.24, 2.45) is 0 Å². The van der Waals surface area contributed by atoms with E-state index in [1.165, 1.54) is 6.08 Å². The van der Waals surface area contributed by atoms with E-state index in [4.69, 9.17) is 9.47 Å². The van der Waals surface area contributed by atoms with Gasteiger partial charge in [-0.25, -0.2) is 0 Å². The van der Waals surface area contributed by atoms with Gasteiger partial charge in [-0.3, -0.25) is 9.59 Å². The molecule has 6 heteroatoms. The molecule has 0 unspecified atom stereocenters. The van der Waals surface area contributed by atoms with Crippen LogP contribution in [0.4, 0.5) is 5.69 Å². The molecule has 0 saturated carbocycles. The monoisotopic (exact) mass is 337 g/mol. The fourth-order valence-electron chi connectivity index (χ4n) is 2.99. The number of nitrogens with one attached hydrogen (secondary N) is 1. The molecule has 0 fully saturated rings. The Balaban J connectivity index is 1.51. The number of amides is 1. The number of carbonyl (C=O) groups excluding carboxylic acids is 2. The molecule has 1 atom stereocenters. The number of hydrogen-bond acceptors (Lipinski definition) is 5. The van der Waals surface area contributed by atoms with Crippen LogP contribution in [0, 0.1) is 0 Å². The number of allylic oxidation sites excluding steroid dienone is 1. The highest BCUT2D eigenvalue weighted by Crippen LogP contribution is 2.38. The summed E-state index contributed by atoms with van der Waals surface area (Å²) in [6.07, 6.45) is 2.65. The van der Waals surface area contributed by atoms with E-state index in [-0.39, 0.29) is 19.0 Å². The number of fused-ring (bicyclic) bond motifs is 2. The van der Waals surface area contributed by atoms with Crippen LogP contribution in [0.1, 0.15) is 17.5 Å². The Morgan fingerprint density at radius 3 is 2.88 bits per heavy atom. The van der Waals surface area contributed by atoms with Gasteiger partial charge in [0, 0.05) is 11.3 Å². The molecule has 1 amide bonds. The van der Waals surface area contributed by atoms with Gasteiger partial charge in [0.05, 0.1) is 6.42 Å². The molecular formula is C19H15NO5. The summed E-state index contributed by atoms with van der Waals surface area (Å²) in [6, 6.07) is 12.1. The maximum atomic E-state index is 12.3. The van der Waals surface area contributed by atoms with Crippen molar-refractivity contribution in [3.63, 3.8) is 0 Å². The van der Waals surface area contributed by atoms with E-state index in [2.05, 4.69) is 5.32 Å². The van der Waals surface area contributed by atoms with Crippen LogP contribution < -0.4 is 14.8 Å². The third kappa shape index (κ3) is 2.66. The summed E-state index contributed by atoms with van der Waals surface area (Å²) in [4.78, 5) is 24.4. The van der Waals surface area contributed by atoms with Crippen LogP contribution in [0.5, 0.6) is 11.5 Å². The number of para-hydroxylation sites is 1. The minimum absolute atomic E-state index is 0.184. The number of aliphatic hydroxyl groups is 1. The lowest BCUT2D eigenvalue weighted by Gasteiger charge is -2.18. The Bertz CT molecular complexity index is 904. The van der Waals surface area contributed by atoms with E-state index in [0.717, 1.165) is 5.56 Å². The zero-order valence-corrected chi connectivity index (χ0v) is 13.2. The Kier molecular flexibility index (Phi) is 3.54. The first-order chi connectivity index (χ1) is 12.1. The van der Waals surface area contributed by atoms with Crippen LogP contribution in [-0.4, -0.2) is 23.6 Å². The second kappa shape index (κ2) is 5.75. The molecular weight excluding hydrogens is 322 g/mol. The van der Waals surface area contributed by atoms with Crippen LogP contribution in [0.25, 0.3) is 6.08 Å². The van der Waals surface area contributed by atoms with Gasteiger partial charge in [-0.1, -0.05) is 30.3 Å². The molecule has 0 radical (unpaired) electrons. The zero-order valence-electron chi connectivity index (χ0n) is 13.2. The molecule has 6 nitrogen and oxygen atoms in total. The van der Waals surface area contributed by atoms with E-state index in [1.807, 2.05) is 0 Å². The fraction of sp³-hybridized carbons (Fsp3) is 0.158. The maximum absolute atomic E-state index is 12.3. The molecule has 0 aliphatic carbocycles. The topological polar surface area (TPSA) is 84.9 Å². The van der Waals surface area contributed by atoms with Crippen molar-refractivity contribution in [2.45, 2.75) is 12.0 Å². The van der Waals surface area contributed by atoms with Crippen LogP contribution in [0.2, 0.25) is 0 Å². The molecule has 0 spiro atoms. The van der Waals surface area contributed by atoms with Crippen molar-refractivity contribution in [1.29, 1.82) is 0 Å². The van der Waals surface area contributed by atoms with E-state index in [1.54, 1.807) is 48.5 Å². The first-order valence-electron chi connectivity index (χ1n) is 7.80. The van der Waals surface area contributed by atoms with E-state index < -0.39 is 11.5 Å². The molecule has 4 rings (SSSR count). The molecule has 2 N–H and O–H groups in total. The van der Waals surface area contributed by atoms with Gasteiger partial charge in [-0.2, -0.15) is 0 Å². The number of anilines is 1. The maximum Gasteiger partial charge on any atom is 0.261 e. The average molecular weight is 337 g/mol. The van der Waals surface area contributed by atoms with Gasteiger partial charge in [-0.05, 0) is 29.8 Å². The molecule has 0 saturated heterocycles. The number of benzene rings is 2. The molecule has 126 valence electrons. The van der Waals surface area contributed by atoms with Crippen LogP contribution in [-0.2, 0) is 15.2 Å². The second-order valence-electron chi connectivity index (χ2n) is 5.95. The van der Waals surface area contributed by atoms with Gasteiger partial charge in [-0.15, -0.1) is 0 Å². The third-order valence-electron chi connectivity index (χ3n) is 4.28. The van der Waals surface area contributed by atoms with E-state index in [0.29, 0.717) is 22.7 Å². The van der Waals surface area contributed by atoms with Crippen molar-refractivity contribution < 1.29 is 24.2 Å². The predicted molar refractivity (Wildman–Crippen MR) is 90.2 cm³/mol. The average Bonchev–Trinajstić information content (AvgIpc) is 3.16. The van der Waals surface area contributed by atoms with Crippen molar-refractivity contribution in [3.05, 3.63) is 59.7 Å². The minimum atomic E-state index is -1.84. The molecule has 2 aromatic rings. The fourth-order valence-corrected chi connectivity index (χ4v) is 2.99. The van der Waals surface area contributed by atoms with Crippen molar-refractivity contribution >= 4 is 23.5 Å². The lowest BCUT2D eigenvalue weighted by Crippen LogP contribution is -2.36. The number of ketones is 1. The van der Waals surface area contributed by atoms with Gasteiger partial charge in [0.2, 0.25) is 6.79 Å². The predicted octanol–water partition coefficient (Wildman–Crippen LogP) is 2.23. The summed E-state index contributed by atoms with van der Waals surface area (Å²) in [7, 11) is 0. The number of ether oxygens (including phenoxy) is 2. The van der Waals surface area contributed by atoms with Gasteiger partial charge in [0.25, 0.3) is 5.91 Å². The summed E-state index contributed by atoms with van der Waals surface area (Å²) in [6.45, 7) is 0.184. The minimum Gasteiger partial charge on any atom is -0.454 e. The molecule has 2 aromatic carbocycles. The van der Waals surface area contributed by atoms with E-state index in [9.17, 15) is 14.7 Å². The largest absolute Gasteiger partial charge is 0.454 e. The summed E-state index contributed by atoms with van der Waals surface area (Å²) in [5.74, 6) is 0.347. The van der Waals surface area contributed by atoms with Gasteiger partial charge in [0.1, 0.15) is 0 Å². The highest BCUT2D eigenvalue weighted by Gasteiger charge is 2.46. The first-order valence-corrected chi connectivity index (χ1v) is 7.80. The quantitative estimate of drug-likeness (QED) is 0.836. The number of carbonyl (C=O) groups is 2. The zero-order chi connectivity index (χ0) is 17.4. The van der Waals surface area contributed by atoms with Gasteiger partial charge >= 0.3 is 0 Å². The standard InChI is InChI=1S/C19H15NO5/c21-13(7-5-12-6-8-16-17(9-12)25-11-24-16)10-19(23)14-3-1-2-4-15(14)20-18(19)22/h1-9,23H,10-11H2,(H,20,22)/t19-/m1/s1. The first kappa shape index (κ1) is 15.4.